The van der Waals surface area contributed by atoms with Crippen molar-refractivity contribution in [2.45, 2.75) is 30.7 Å². The van der Waals surface area contributed by atoms with Crippen molar-refractivity contribution in [3.05, 3.63) is 0 Å². The summed E-state index contributed by atoms with van der Waals surface area (Å²) in [7, 11) is 0. The quantitative estimate of drug-likeness (QED) is 0.322. The lowest BCUT2D eigenvalue weighted by Gasteiger charge is -2.37. The van der Waals surface area contributed by atoms with E-state index >= 15 is 0 Å². The number of aliphatic hydroxyl groups is 4. The second kappa shape index (κ2) is 5.06. The predicted octanol–water partition coefficient (Wildman–Crippen LogP) is -2.83. The molecule has 0 aliphatic carbocycles. The van der Waals surface area contributed by atoms with Gasteiger partial charge in [-0.3, -0.25) is 0 Å². The number of hydrogen-bond acceptors (Lipinski definition) is 6. The van der Waals surface area contributed by atoms with Crippen molar-refractivity contribution in [2.75, 3.05) is 6.54 Å². The maximum Gasteiger partial charge on any atom is 0.184 e. The molecule has 7 heteroatoms. The van der Waals surface area contributed by atoms with E-state index in [0.717, 1.165) is 0 Å². The standard InChI is InChI=1S/C6H13NO5.ClH/c7-1-2-3(8)4(9)5(10)6(11)12-2;/h2-6,8-11H,1,7H2;1H/t2-,3+,4+,5-,6?;/m1./s1. The van der Waals surface area contributed by atoms with Crippen LogP contribution in [0.2, 0.25) is 0 Å². The van der Waals surface area contributed by atoms with Crippen molar-refractivity contribution in [3.8, 4) is 0 Å². The number of rotatable bonds is 1. The molecule has 1 heterocycles. The molecular formula is C6H14ClNO5. The zero-order valence-corrected chi connectivity index (χ0v) is 7.59. The first-order valence-corrected chi connectivity index (χ1v) is 3.65. The summed E-state index contributed by atoms with van der Waals surface area (Å²) in [6.07, 6.45) is -6.48. The molecule has 5 atom stereocenters. The summed E-state index contributed by atoms with van der Waals surface area (Å²) in [4.78, 5) is 0. The van der Waals surface area contributed by atoms with Crippen LogP contribution >= 0.6 is 12.4 Å². The van der Waals surface area contributed by atoms with Crippen molar-refractivity contribution in [3.63, 3.8) is 0 Å². The zero-order chi connectivity index (χ0) is 9.30. The monoisotopic (exact) mass is 215 g/mol. The number of nitrogens with two attached hydrogens (primary N) is 1. The van der Waals surface area contributed by atoms with E-state index in [1.165, 1.54) is 0 Å². The molecule has 1 aliphatic heterocycles. The Morgan fingerprint density at radius 2 is 1.54 bits per heavy atom. The van der Waals surface area contributed by atoms with Crippen molar-refractivity contribution < 1.29 is 25.2 Å². The van der Waals surface area contributed by atoms with Crippen LogP contribution in [0.3, 0.4) is 0 Å². The molecule has 0 saturated carbocycles. The lowest BCUT2D eigenvalue weighted by Crippen LogP contribution is -2.59. The fraction of sp³-hybridized carbons (Fsp3) is 1.00. The largest absolute Gasteiger partial charge is 0.388 e. The Morgan fingerprint density at radius 3 is 2.00 bits per heavy atom. The highest BCUT2D eigenvalue weighted by molar-refractivity contribution is 5.85. The van der Waals surface area contributed by atoms with Crippen LogP contribution < -0.4 is 5.73 Å². The summed E-state index contributed by atoms with van der Waals surface area (Å²) >= 11 is 0. The van der Waals surface area contributed by atoms with Crippen molar-refractivity contribution in [1.82, 2.24) is 0 Å². The molecule has 1 saturated heterocycles. The zero-order valence-electron chi connectivity index (χ0n) is 6.78. The lowest BCUT2D eigenvalue weighted by molar-refractivity contribution is -0.279. The van der Waals surface area contributed by atoms with Gasteiger partial charge in [0.25, 0.3) is 0 Å². The van der Waals surface area contributed by atoms with E-state index in [-0.39, 0.29) is 19.0 Å². The van der Waals surface area contributed by atoms with Gasteiger partial charge in [0.15, 0.2) is 6.29 Å². The average Bonchev–Trinajstić information content (AvgIpc) is 2.08. The maximum absolute atomic E-state index is 9.20. The molecule has 6 nitrogen and oxygen atoms in total. The predicted molar refractivity (Wildman–Crippen MR) is 45.2 cm³/mol. The first kappa shape index (κ1) is 13.1. The fourth-order valence-electron chi connectivity index (χ4n) is 1.13. The molecule has 1 aliphatic rings. The minimum atomic E-state index is -1.49. The minimum Gasteiger partial charge on any atom is -0.388 e. The van der Waals surface area contributed by atoms with Crippen molar-refractivity contribution in [1.29, 1.82) is 0 Å². The van der Waals surface area contributed by atoms with Crippen LogP contribution in [-0.4, -0.2) is 57.7 Å². The second-order valence-corrected chi connectivity index (χ2v) is 2.77. The van der Waals surface area contributed by atoms with Gasteiger partial charge in [-0.25, -0.2) is 0 Å². The van der Waals surface area contributed by atoms with Crippen LogP contribution in [0, 0.1) is 0 Å². The van der Waals surface area contributed by atoms with E-state index in [4.69, 9.17) is 25.8 Å². The molecule has 0 spiro atoms. The summed E-state index contributed by atoms with van der Waals surface area (Å²) in [5, 5.41) is 36.3. The molecule has 0 aromatic rings. The number of ether oxygens (including phenoxy) is 1. The fourth-order valence-corrected chi connectivity index (χ4v) is 1.13. The van der Waals surface area contributed by atoms with Gasteiger partial charge in [0.2, 0.25) is 0 Å². The average molecular weight is 216 g/mol. The Bertz CT molecular complexity index is 155. The molecule has 1 unspecified atom stereocenters. The summed E-state index contributed by atoms with van der Waals surface area (Å²) in [6, 6.07) is 0. The third-order valence-electron chi connectivity index (χ3n) is 1.92. The Kier molecular flexibility index (Phi) is 5.08. The van der Waals surface area contributed by atoms with E-state index in [2.05, 4.69) is 0 Å². The molecule has 0 aromatic carbocycles. The first-order valence-electron chi connectivity index (χ1n) is 3.65. The first-order chi connectivity index (χ1) is 5.57. The highest BCUT2D eigenvalue weighted by Crippen LogP contribution is 2.18. The van der Waals surface area contributed by atoms with Gasteiger partial charge in [0.1, 0.15) is 24.4 Å². The van der Waals surface area contributed by atoms with Gasteiger partial charge in [-0.2, -0.15) is 0 Å². The number of halogens is 1. The van der Waals surface area contributed by atoms with Crippen LogP contribution in [-0.2, 0) is 4.74 Å². The van der Waals surface area contributed by atoms with E-state index in [1.807, 2.05) is 0 Å². The van der Waals surface area contributed by atoms with Crippen LogP contribution in [0.15, 0.2) is 0 Å². The number of hydrogen-bond donors (Lipinski definition) is 5. The van der Waals surface area contributed by atoms with E-state index < -0.39 is 30.7 Å². The molecule has 0 bridgehead atoms. The van der Waals surface area contributed by atoms with Crippen LogP contribution in [0.5, 0.6) is 0 Å². The molecule has 0 aromatic heterocycles. The lowest BCUT2D eigenvalue weighted by atomic mass is 9.99. The Balaban J connectivity index is 0.00000144. The highest BCUT2D eigenvalue weighted by atomic mass is 35.5. The van der Waals surface area contributed by atoms with Crippen molar-refractivity contribution in [2.24, 2.45) is 5.73 Å². The van der Waals surface area contributed by atoms with Crippen molar-refractivity contribution >= 4 is 12.4 Å². The van der Waals surface area contributed by atoms with Crippen LogP contribution in [0.4, 0.5) is 0 Å². The third-order valence-corrected chi connectivity index (χ3v) is 1.92. The van der Waals surface area contributed by atoms with Gasteiger partial charge >= 0.3 is 0 Å². The molecule has 6 N–H and O–H groups in total. The molecule has 0 radical (unpaired) electrons. The normalized spacial score (nSPS) is 45.5. The molecule has 13 heavy (non-hydrogen) atoms. The topological polar surface area (TPSA) is 116 Å². The summed E-state index contributed by atoms with van der Waals surface area (Å²) in [6.45, 7) is -0.0258. The second-order valence-electron chi connectivity index (χ2n) is 2.77. The highest BCUT2D eigenvalue weighted by Gasteiger charge is 2.42. The molecule has 1 fully saturated rings. The Labute approximate surface area is 81.3 Å². The van der Waals surface area contributed by atoms with Gasteiger partial charge in [0, 0.05) is 6.54 Å². The van der Waals surface area contributed by atoms with Gasteiger partial charge in [-0.1, -0.05) is 0 Å². The Morgan fingerprint density at radius 1 is 1.00 bits per heavy atom. The van der Waals surface area contributed by atoms with E-state index in [9.17, 15) is 5.11 Å². The molecule has 1 rings (SSSR count). The van der Waals surface area contributed by atoms with E-state index in [1.54, 1.807) is 0 Å². The minimum absolute atomic E-state index is 0. The molecule has 80 valence electrons. The maximum atomic E-state index is 9.20. The molecular weight excluding hydrogens is 202 g/mol. The number of aliphatic hydroxyl groups excluding tert-OH is 4. The summed E-state index contributed by atoms with van der Waals surface area (Å²) < 4.78 is 4.70. The summed E-state index contributed by atoms with van der Waals surface area (Å²) in [5.41, 5.74) is 5.17. The van der Waals surface area contributed by atoms with Gasteiger partial charge in [-0.15, -0.1) is 12.4 Å². The van der Waals surface area contributed by atoms with Gasteiger partial charge < -0.3 is 30.9 Å². The SMILES string of the molecule is Cl.NC[C@H]1OC(O)[C@H](O)[C@@H](O)[C@H]1O. The Hall–Kier alpha value is 0.0500. The van der Waals surface area contributed by atoms with Gasteiger partial charge in [0.05, 0.1) is 0 Å². The van der Waals surface area contributed by atoms with Crippen LogP contribution in [0.25, 0.3) is 0 Å². The van der Waals surface area contributed by atoms with Gasteiger partial charge in [-0.05, 0) is 0 Å². The third kappa shape index (κ3) is 2.50. The molecule has 0 amide bonds. The smallest absolute Gasteiger partial charge is 0.184 e. The van der Waals surface area contributed by atoms with Crippen LogP contribution in [0.1, 0.15) is 0 Å². The van der Waals surface area contributed by atoms with E-state index in [0.29, 0.717) is 0 Å². The summed E-state index contributed by atoms with van der Waals surface area (Å²) in [5.74, 6) is 0.